The van der Waals surface area contributed by atoms with Crippen molar-refractivity contribution in [2.45, 2.75) is 0 Å². The fourth-order valence-electron chi connectivity index (χ4n) is 2.20. The van der Waals surface area contributed by atoms with Crippen LogP contribution in [0.25, 0.3) is 23.1 Å². The number of nitro groups is 1. The average Bonchev–Trinajstić information content (AvgIpc) is 2.58. The summed E-state index contributed by atoms with van der Waals surface area (Å²) in [7, 11) is 0. The van der Waals surface area contributed by atoms with Gasteiger partial charge in [-0.05, 0) is 42.0 Å². The Balaban J connectivity index is 1.95. The third-order valence-corrected chi connectivity index (χ3v) is 4.03. The number of hydrogen-bond donors (Lipinski definition) is 1. The Hall–Kier alpha value is -2.63. The molecular formula is C17H10Cl2N2O3. The van der Waals surface area contributed by atoms with Crippen molar-refractivity contribution in [3.8, 4) is 5.75 Å². The molecule has 3 aromatic rings. The molecule has 0 saturated heterocycles. The minimum absolute atomic E-state index is 0.0326. The zero-order valence-corrected chi connectivity index (χ0v) is 13.6. The molecule has 0 atom stereocenters. The summed E-state index contributed by atoms with van der Waals surface area (Å²) in [5.41, 5.74) is 1.73. The highest BCUT2D eigenvalue weighted by atomic mass is 35.5. The molecule has 2 aromatic carbocycles. The molecule has 1 heterocycles. The maximum atomic E-state index is 10.6. The summed E-state index contributed by atoms with van der Waals surface area (Å²) in [6.07, 6.45) is 3.50. The summed E-state index contributed by atoms with van der Waals surface area (Å²) >= 11 is 12.0. The lowest BCUT2D eigenvalue weighted by Crippen LogP contribution is -1.87. The lowest BCUT2D eigenvalue weighted by Gasteiger charge is -2.05. The third-order valence-electron chi connectivity index (χ3n) is 3.43. The smallest absolute Gasteiger partial charge is 0.269 e. The first-order valence-electron chi connectivity index (χ1n) is 6.86. The number of phenolic OH excluding ortho intramolecular Hbond substituents is 1. The van der Waals surface area contributed by atoms with Crippen LogP contribution in [0, 0.1) is 10.1 Å². The summed E-state index contributed by atoms with van der Waals surface area (Å²) in [6.45, 7) is 0. The number of aromatic nitrogens is 1. The molecule has 0 fully saturated rings. The Labute approximate surface area is 146 Å². The van der Waals surface area contributed by atoms with Crippen LogP contribution >= 0.6 is 23.2 Å². The second-order valence-electron chi connectivity index (χ2n) is 5.00. The van der Waals surface area contributed by atoms with Crippen molar-refractivity contribution >= 4 is 51.9 Å². The van der Waals surface area contributed by atoms with Crippen molar-refractivity contribution in [3.63, 3.8) is 0 Å². The predicted octanol–water partition coefficient (Wildman–Crippen LogP) is 5.33. The topological polar surface area (TPSA) is 76.3 Å². The van der Waals surface area contributed by atoms with E-state index in [0.717, 1.165) is 5.56 Å². The normalized spacial score (nSPS) is 11.2. The van der Waals surface area contributed by atoms with Gasteiger partial charge in [0, 0.05) is 17.5 Å². The van der Waals surface area contributed by atoms with E-state index in [0.29, 0.717) is 21.6 Å². The zero-order chi connectivity index (χ0) is 17.3. The molecule has 5 nitrogen and oxygen atoms in total. The van der Waals surface area contributed by atoms with Crippen molar-refractivity contribution in [3.05, 3.63) is 73.9 Å². The Morgan fingerprint density at radius 1 is 1.04 bits per heavy atom. The van der Waals surface area contributed by atoms with Crippen LogP contribution in [-0.2, 0) is 0 Å². The van der Waals surface area contributed by atoms with Crippen LogP contribution in [-0.4, -0.2) is 15.0 Å². The van der Waals surface area contributed by atoms with Crippen molar-refractivity contribution < 1.29 is 10.0 Å². The lowest BCUT2D eigenvalue weighted by molar-refractivity contribution is -0.384. The molecule has 0 aliphatic heterocycles. The molecular weight excluding hydrogens is 351 g/mol. The minimum Gasteiger partial charge on any atom is -0.504 e. The second kappa shape index (κ2) is 6.47. The van der Waals surface area contributed by atoms with Gasteiger partial charge in [0.2, 0.25) is 0 Å². The summed E-state index contributed by atoms with van der Waals surface area (Å²) in [5, 5.41) is 21.8. The molecule has 0 saturated carbocycles. The Morgan fingerprint density at radius 3 is 2.42 bits per heavy atom. The highest BCUT2D eigenvalue weighted by Crippen LogP contribution is 2.36. The SMILES string of the molecule is O=[N+]([O-])c1ccc(/C=C/c2ccc3c(Cl)cc(Cl)c(O)c3n2)cc1. The fourth-order valence-corrected chi connectivity index (χ4v) is 2.72. The van der Waals surface area contributed by atoms with Gasteiger partial charge in [-0.3, -0.25) is 10.1 Å². The first-order valence-corrected chi connectivity index (χ1v) is 7.61. The maximum Gasteiger partial charge on any atom is 0.269 e. The van der Waals surface area contributed by atoms with E-state index < -0.39 is 4.92 Å². The van der Waals surface area contributed by atoms with Crippen LogP contribution < -0.4 is 0 Å². The number of fused-ring (bicyclic) bond motifs is 1. The number of pyridine rings is 1. The fraction of sp³-hybridized carbons (Fsp3) is 0. The minimum atomic E-state index is -0.450. The molecule has 24 heavy (non-hydrogen) atoms. The molecule has 1 N–H and O–H groups in total. The summed E-state index contributed by atoms with van der Waals surface area (Å²) in [4.78, 5) is 14.5. The van der Waals surface area contributed by atoms with Crippen molar-refractivity contribution in [1.29, 1.82) is 0 Å². The molecule has 0 amide bonds. The third kappa shape index (κ3) is 3.18. The van der Waals surface area contributed by atoms with Gasteiger partial charge in [0.1, 0.15) is 5.52 Å². The van der Waals surface area contributed by atoms with E-state index >= 15 is 0 Å². The van der Waals surface area contributed by atoms with Gasteiger partial charge in [-0.25, -0.2) is 4.98 Å². The predicted molar refractivity (Wildman–Crippen MR) is 95.5 cm³/mol. The summed E-state index contributed by atoms with van der Waals surface area (Å²) in [5.74, 6) is -0.123. The van der Waals surface area contributed by atoms with Crippen LogP contribution in [0.2, 0.25) is 10.0 Å². The largest absolute Gasteiger partial charge is 0.504 e. The van der Waals surface area contributed by atoms with E-state index in [1.54, 1.807) is 36.4 Å². The van der Waals surface area contributed by atoms with Gasteiger partial charge in [0.15, 0.2) is 5.75 Å². The van der Waals surface area contributed by atoms with Crippen LogP contribution in [0.5, 0.6) is 5.75 Å². The number of phenols is 1. The van der Waals surface area contributed by atoms with Gasteiger partial charge < -0.3 is 5.11 Å². The second-order valence-corrected chi connectivity index (χ2v) is 5.82. The van der Waals surface area contributed by atoms with Crippen LogP contribution in [0.4, 0.5) is 5.69 Å². The first-order chi connectivity index (χ1) is 11.5. The molecule has 0 spiro atoms. The number of rotatable bonds is 3. The molecule has 3 rings (SSSR count). The van der Waals surface area contributed by atoms with Crippen LogP contribution in [0.15, 0.2) is 42.5 Å². The van der Waals surface area contributed by atoms with E-state index in [2.05, 4.69) is 4.98 Å². The lowest BCUT2D eigenvalue weighted by atomic mass is 10.1. The number of aromatic hydroxyl groups is 1. The van der Waals surface area contributed by atoms with Gasteiger partial charge in [-0.1, -0.05) is 29.3 Å². The number of nitrogens with zero attached hydrogens (tertiary/aromatic N) is 2. The number of non-ortho nitro benzene ring substituents is 1. The zero-order valence-electron chi connectivity index (χ0n) is 12.1. The van der Waals surface area contributed by atoms with Gasteiger partial charge >= 0.3 is 0 Å². The molecule has 1 aromatic heterocycles. The molecule has 0 bridgehead atoms. The van der Waals surface area contributed by atoms with E-state index in [1.165, 1.54) is 18.2 Å². The van der Waals surface area contributed by atoms with Crippen molar-refractivity contribution in [2.24, 2.45) is 0 Å². The monoisotopic (exact) mass is 360 g/mol. The molecule has 0 aliphatic rings. The van der Waals surface area contributed by atoms with Gasteiger partial charge in [0.05, 0.1) is 20.7 Å². The van der Waals surface area contributed by atoms with Crippen LogP contribution in [0.1, 0.15) is 11.3 Å². The Bertz CT molecular complexity index is 970. The summed E-state index contributed by atoms with van der Waals surface area (Å²) in [6, 6.07) is 11.1. The van der Waals surface area contributed by atoms with Gasteiger partial charge in [-0.15, -0.1) is 0 Å². The standard InChI is InChI=1S/C17H10Cl2N2O3/c18-14-9-15(19)17(22)16-13(14)8-5-11(20-16)4-1-10-2-6-12(7-3-10)21(23)24/h1-9,22H/b4-1+. The maximum absolute atomic E-state index is 10.6. The Kier molecular flexibility index (Phi) is 4.38. The highest BCUT2D eigenvalue weighted by Gasteiger charge is 2.10. The Morgan fingerprint density at radius 2 is 1.75 bits per heavy atom. The van der Waals surface area contributed by atoms with Crippen LogP contribution in [0.3, 0.4) is 0 Å². The molecule has 0 aliphatic carbocycles. The number of nitro benzene ring substituents is 1. The van der Waals surface area contributed by atoms with Crippen molar-refractivity contribution in [1.82, 2.24) is 4.98 Å². The molecule has 0 unspecified atom stereocenters. The molecule has 7 heteroatoms. The van der Waals surface area contributed by atoms with E-state index in [-0.39, 0.29) is 16.5 Å². The van der Waals surface area contributed by atoms with Gasteiger partial charge in [-0.2, -0.15) is 0 Å². The average molecular weight is 361 g/mol. The highest BCUT2D eigenvalue weighted by molar-refractivity contribution is 6.39. The molecule has 0 radical (unpaired) electrons. The quantitative estimate of drug-likeness (QED) is 0.506. The van der Waals surface area contributed by atoms with E-state index in [4.69, 9.17) is 23.2 Å². The van der Waals surface area contributed by atoms with E-state index in [1.807, 2.05) is 0 Å². The van der Waals surface area contributed by atoms with E-state index in [9.17, 15) is 15.2 Å². The number of hydrogen-bond acceptors (Lipinski definition) is 4. The van der Waals surface area contributed by atoms with Crippen molar-refractivity contribution in [2.75, 3.05) is 0 Å². The first kappa shape index (κ1) is 16.2. The van der Waals surface area contributed by atoms with Gasteiger partial charge in [0.25, 0.3) is 5.69 Å². The number of benzene rings is 2. The number of halogens is 2. The summed E-state index contributed by atoms with van der Waals surface area (Å²) < 4.78 is 0. The molecule has 120 valence electrons.